The highest BCUT2D eigenvalue weighted by molar-refractivity contribution is 5.42. The summed E-state index contributed by atoms with van der Waals surface area (Å²) in [6.07, 6.45) is 1.98. The van der Waals surface area contributed by atoms with Gasteiger partial charge in [-0.05, 0) is 41.6 Å². The summed E-state index contributed by atoms with van der Waals surface area (Å²) < 4.78 is 0. The van der Waals surface area contributed by atoms with Gasteiger partial charge in [-0.3, -0.25) is 5.84 Å². The minimum absolute atomic E-state index is 0.00361. The zero-order chi connectivity index (χ0) is 15.2. The third-order valence-electron chi connectivity index (χ3n) is 5.10. The van der Waals surface area contributed by atoms with Crippen molar-refractivity contribution in [3.8, 4) is 0 Å². The minimum Gasteiger partial charge on any atom is -0.307 e. The van der Waals surface area contributed by atoms with Crippen LogP contribution < -0.4 is 16.9 Å². The molecule has 0 radical (unpaired) electrons. The van der Waals surface area contributed by atoms with Crippen LogP contribution in [0.25, 0.3) is 0 Å². The third kappa shape index (κ3) is 1.92. The van der Waals surface area contributed by atoms with E-state index in [-0.39, 0.29) is 6.04 Å². The second kappa shape index (κ2) is 5.18. The summed E-state index contributed by atoms with van der Waals surface area (Å²) in [5.41, 5.74) is 11.3. The molecule has 2 aromatic rings. The SMILES string of the molecule is NN1CCc2ccccc2C1(N)C1NCCc2ccccc21. The van der Waals surface area contributed by atoms with Crippen LogP contribution in [-0.4, -0.2) is 18.1 Å². The first-order valence-corrected chi connectivity index (χ1v) is 7.92. The lowest BCUT2D eigenvalue weighted by Crippen LogP contribution is -2.66. The van der Waals surface area contributed by atoms with E-state index in [1.165, 1.54) is 16.7 Å². The summed E-state index contributed by atoms with van der Waals surface area (Å²) >= 11 is 0. The maximum absolute atomic E-state index is 6.94. The smallest absolute Gasteiger partial charge is 0.128 e. The van der Waals surface area contributed by atoms with Gasteiger partial charge in [-0.1, -0.05) is 48.5 Å². The number of hydrogen-bond acceptors (Lipinski definition) is 4. The Bertz CT molecular complexity index is 699. The lowest BCUT2D eigenvalue weighted by molar-refractivity contribution is 0.0364. The molecule has 4 heteroatoms. The van der Waals surface area contributed by atoms with Crippen molar-refractivity contribution in [3.63, 3.8) is 0 Å². The predicted octanol–water partition coefficient (Wildman–Crippen LogP) is 1.42. The number of hydrogen-bond donors (Lipinski definition) is 3. The fourth-order valence-electron chi connectivity index (χ4n) is 3.93. The normalized spacial score (nSPS) is 28.0. The van der Waals surface area contributed by atoms with E-state index in [2.05, 4.69) is 47.8 Å². The molecule has 0 saturated heterocycles. The van der Waals surface area contributed by atoms with Crippen molar-refractivity contribution in [2.75, 3.05) is 13.1 Å². The van der Waals surface area contributed by atoms with E-state index in [4.69, 9.17) is 11.6 Å². The first-order valence-electron chi connectivity index (χ1n) is 7.92. The van der Waals surface area contributed by atoms with Crippen LogP contribution in [0.5, 0.6) is 0 Å². The number of fused-ring (bicyclic) bond motifs is 2. The summed E-state index contributed by atoms with van der Waals surface area (Å²) in [5.74, 6) is 6.38. The number of nitrogens with one attached hydrogen (secondary N) is 1. The van der Waals surface area contributed by atoms with Gasteiger partial charge in [0.25, 0.3) is 0 Å². The molecular formula is C18H22N4. The van der Waals surface area contributed by atoms with Gasteiger partial charge in [0, 0.05) is 6.54 Å². The molecule has 2 heterocycles. The average Bonchev–Trinajstić information content (AvgIpc) is 2.58. The monoisotopic (exact) mass is 294 g/mol. The molecule has 114 valence electrons. The molecule has 2 aromatic carbocycles. The standard InChI is InChI=1S/C18H22N4/c19-18(16-8-4-2-6-14(16)10-12-22(18)20)17-15-7-3-1-5-13(15)9-11-21-17/h1-8,17,21H,9-12,19-20H2. The zero-order valence-corrected chi connectivity index (χ0v) is 12.6. The van der Waals surface area contributed by atoms with E-state index in [1.807, 2.05) is 11.1 Å². The second-order valence-electron chi connectivity index (χ2n) is 6.26. The van der Waals surface area contributed by atoms with E-state index >= 15 is 0 Å². The predicted molar refractivity (Wildman–Crippen MR) is 87.8 cm³/mol. The molecular weight excluding hydrogens is 272 g/mol. The molecule has 4 rings (SSSR count). The molecule has 0 aromatic heterocycles. The van der Waals surface area contributed by atoms with Crippen LogP contribution in [0.15, 0.2) is 48.5 Å². The van der Waals surface area contributed by atoms with Gasteiger partial charge in [0.05, 0.1) is 6.04 Å². The molecule has 0 spiro atoms. The highest BCUT2D eigenvalue weighted by Gasteiger charge is 2.46. The number of hydrazine groups is 1. The van der Waals surface area contributed by atoms with Gasteiger partial charge in [0.1, 0.15) is 5.66 Å². The first kappa shape index (κ1) is 13.9. The van der Waals surface area contributed by atoms with Crippen LogP contribution >= 0.6 is 0 Å². The molecule has 0 fully saturated rings. The Labute approximate surface area is 131 Å². The maximum atomic E-state index is 6.94. The molecule has 2 aliphatic heterocycles. The van der Waals surface area contributed by atoms with Crippen molar-refractivity contribution in [3.05, 3.63) is 70.8 Å². The number of nitrogens with zero attached hydrogens (tertiary/aromatic N) is 1. The van der Waals surface area contributed by atoms with Gasteiger partial charge in [0.15, 0.2) is 0 Å². The zero-order valence-electron chi connectivity index (χ0n) is 12.6. The van der Waals surface area contributed by atoms with Gasteiger partial charge in [-0.25, -0.2) is 5.01 Å². The van der Waals surface area contributed by atoms with Crippen LogP contribution in [0, 0.1) is 0 Å². The van der Waals surface area contributed by atoms with E-state index in [0.717, 1.165) is 31.5 Å². The highest BCUT2D eigenvalue weighted by Crippen LogP contribution is 2.41. The summed E-state index contributed by atoms with van der Waals surface area (Å²) in [4.78, 5) is 0. The molecule has 0 bridgehead atoms. The second-order valence-corrected chi connectivity index (χ2v) is 6.26. The van der Waals surface area contributed by atoms with Crippen molar-refractivity contribution in [1.82, 2.24) is 10.3 Å². The quantitative estimate of drug-likeness (QED) is 0.696. The maximum Gasteiger partial charge on any atom is 0.128 e. The number of nitrogens with two attached hydrogens (primary N) is 2. The Morgan fingerprint density at radius 2 is 1.73 bits per heavy atom. The largest absolute Gasteiger partial charge is 0.307 e. The summed E-state index contributed by atoms with van der Waals surface area (Å²) in [6, 6.07) is 17.0. The van der Waals surface area contributed by atoms with Crippen LogP contribution in [0.1, 0.15) is 28.3 Å². The van der Waals surface area contributed by atoms with Crippen molar-refractivity contribution >= 4 is 0 Å². The van der Waals surface area contributed by atoms with E-state index in [0.29, 0.717) is 0 Å². The van der Waals surface area contributed by atoms with Gasteiger partial charge < -0.3 is 11.1 Å². The molecule has 22 heavy (non-hydrogen) atoms. The molecule has 0 aliphatic carbocycles. The number of benzene rings is 2. The lowest BCUT2D eigenvalue weighted by atomic mass is 9.78. The molecule has 2 unspecified atom stereocenters. The molecule has 4 nitrogen and oxygen atoms in total. The van der Waals surface area contributed by atoms with Gasteiger partial charge in [-0.2, -0.15) is 0 Å². The van der Waals surface area contributed by atoms with Gasteiger partial charge in [0.2, 0.25) is 0 Å². The molecule has 2 atom stereocenters. The van der Waals surface area contributed by atoms with Crippen LogP contribution in [0.3, 0.4) is 0 Å². The van der Waals surface area contributed by atoms with Crippen LogP contribution in [0.2, 0.25) is 0 Å². The van der Waals surface area contributed by atoms with Gasteiger partial charge in [-0.15, -0.1) is 0 Å². The van der Waals surface area contributed by atoms with Crippen molar-refractivity contribution < 1.29 is 0 Å². The number of rotatable bonds is 1. The topological polar surface area (TPSA) is 67.3 Å². The first-order chi connectivity index (χ1) is 10.7. The van der Waals surface area contributed by atoms with E-state index in [1.54, 1.807) is 0 Å². The third-order valence-corrected chi connectivity index (χ3v) is 5.10. The lowest BCUT2D eigenvalue weighted by Gasteiger charge is -2.49. The fraction of sp³-hybridized carbons (Fsp3) is 0.333. The molecule has 0 saturated carbocycles. The van der Waals surface area contributed by atoms with Crippen molar-refractivity contribution in [1.29, 1.82) is 0 Å². The average molecular weight is 294 g/mol. The summed E-state index contributed by atoms with van der Waals surface area (Å²) in [5, 5.41) is 5.42. The van der Waals surface area contributed by atoms with Crippen LogP contribution in [-0.2, 0) is 18.5 Å². The Balaban J connectivity index is 1.88. The van der Waals surface area contributed by atoms with E-state index < -0.39 is 5.66 Å². The molecule has 0 amide bonds. The Morgan fingerprint density at radius 1 is 1.00 bits per heavy atom. The summed E-state index contributed by atoms with van der Waals surface area (Å²) in [6.45, 7) is 1.70. The Kier molecular flexibility index (Phi) is 3.27. The molecule has 2 aliphatic rings. The van der Waals surface area contributed by atoms with Crippen molar-refractivity contribution in [2.45, 2.75) is 24.5 Å². The fourth-order valence-corrected chi connectivity index (χ4v) is 3.93. The minimum atomic E-state index is -0.717. The van der Waals surface area contributed by atoms with Crippen LogP contribution in [0.4, 0.5) is 0 Å². The molecule has 5 N–H and O–H groups in total. The van der Waals surface area contributed by atoms with Gasteiger partial charge >= 0.3 is 0 Å². The van der Waals surface area contributed by atoms with E-state index in [9.17, 15) is 0 Å². The van der Waals surface area contributed by atoms with Crippen molar-refractivity contribution in [2.24, 2.45) is 11.6 Å². The summed E-state index contributed by atoms with van der Waals surface area (Å²) in [7, 11) is 0. The Hall–Kier alpha value is -1.72. The Morgan fingerprint density at radius 3 is 2.59 bits per heavy atom. The highest BCUT2D eigenvalue weighted by atomic mass is 15.5.